The van der Waals surface area contributed by atoms with Crippen molar-refractivity contribution in [3.8, 4) is 5.75 Å². The lowest BCUT2D eigenvalue weighted by Crippen LogP contribution is -2.17. The molecule has 0 atom stereocenters. The van der Waals surface area contributed by atoms with Gasteiger partial charge in [-0.3, -0.25) is 4.72 Å². The Bertz CT molecular complexity index is 1550. The molecular formula is C18H19N5O5S2. The van der Waals surface area contributed by atoms with Gasteiger partial charge in [0.15, 0.2) is 5.03 Å². The summed E-state index contributed by atoms with van der Waals surface area (Å²) in [5.74, 6) is -0.213. The monoisotopic (exact) mass is 449 g/mol. The Labute approximate surface area is 172 Å². The average Bonchev–Trinajstić information content (AvgIpc) is 3.16. The molecule has 1 aromatic carbocycles. The molecule has 0 aliphatic heterocycles. The molecule has 12 heteroatoms. The topological polar surface area (TPSA) is 149 Å². The fourth-order valence-corrected chi connectivity index (χ4v) is 5.03. The van der Waals surface area contributed by atoms with Crippen molar-refractivity contribution in [2.45, 2.75) is 16.8 Å². The molecule has 0 saturated heterocycles. The predicted octanol–water partition coefficient (Wildman–Crippen LogP) is 1.53. The van der Waals surface area contributed by atoms with Crippen molar-refractivity contribution in [3.05, 3.63) is 42.2 Å². The molecule has 30 heavy (non-hydrogen) atoms. The van der Waals surface area contributed by atoms with Gasteiger partial charge in [-0.2, -0.15) is 8.42 Å². The number of pyridine rings is 1. The summed E-state index contributed by atoms with van der Waals surface area (Å²) in [6.07, 6.45) is 1.82. The van der Waals surface area contributed by atoms with Gasteiger partial charge in [-0.15, -0.1) is 0 Å². The van der Waals surface area contributed by atoms with Crippen LogP contribution in [0.5, 0.6) is 5.75 Å². The van der Waals surface area contributed by atoms with E-state index < -0.39 is 20.0 Å². The van der Waals surface area contributed by atoms with E-state index in [9.17, 15) is 21.9 Å². The smallest absolute Gasteiger partial charge is 0.280 e. The number of nitrogens with two attached hydrogens (primary N) is 1. The number of phenols is 1. The lowest BCUT2D eigenvalue weighted by atomic mass is 10.2. The predicted molar refractivity (Wildman–Crippen MR) is 112 cm³/mol. The highest BCUT2D eigenvalue weighted by molar-refractivity contribution is 7.92. The summed E-state index contributed by atoms with van der Waals surface area (Å²) in [6.45, 7) is 1.73. The number of sulfonamides is 2. The van der Waals surface area contributed by atoms with Gasteiger partial charge >= 0.3 is 0 Å². The lowest BCUT2D eigenvalue weighted by Gasteiger charge is -2.10. The highest BCUT2D eigenvalue weighted by Crippen LogP contribution is 2.33. The Balaban J connectivity index is 1.83. The van der Waals surface area contributed by atoms with Crippen LogP contribution in [0.2, 0.25) is 0 Å². The molecule has 0 fully saturated rings. The molecule has 0 aliphatic carbocycles. The third-order valence-corrected chi connectivity index (χ3v) is 7.14. The molecule has 0 bridgehead atoms. The van der Waals surface area contributed by atoms with Crippen molar-refractivity contribution in [2.24, 2.45) is 19.2 Å². The molecule has 0 amide bonds. The van der Waals surface area contributed by atoms with E-state index in [2.05, 4.69) is 9.71 Å². The number of nitrogens with one attached hydrogen (secondary N) is 1. The lowest BCUT2D eigenvalue weighted by molar-refractivity contribution is 0.479. The maximum atomic E-state index is 13.0. The van der Waals surface area contributed by atoms with E-state index in [0.29, 0.717) is 11.2 Å². The van der Waals surface area contributed by atoms with Gasteiger partial charge in [-0.1, -0.05) is 0 Å². The van der Waals surface area contributed by atoms with Gasteiger partial charge in [0.2, 0.25) is 10.0 Å². The molecule has 0 spiro atoms. The van der Waals surface area contributed by atoms with E-state index in [-0.39, 0.29) is 26.9 Å². The van der Waals surface area contributed by atoms with Crippen LogP contribution in [-0.2, 0) is 34.1 Å². The zero-order valence-corrected chi connectivity index (χ0v) is 17.9. The zero-order valence-electron chi connectivity index (χ0n) is 16.3. The first-order valence-corrected chi connectivity index (χ1v) is 11.7. The summed E-state index contributed by atoms with van der Waals surface area (Å²) in [7, 11) is -4.77. The second-order valence-corrected chi connectivity index (χ2v) is 10.2. The van der Waals surface area contributed by atoms with Crippen LogP contribution in [0, 0.1) is 6.92 Å². The maximum Gasteiger partial charge on any atom is 0.280 e. The number of primary sulfonamides is 1. The first-order valence-electron chi connectivity index (χ1n) is 8.69. The van der Waals surface area contributed by atoms with Gasteiger partial charge in [0, 0.05) is 48.9 Å². The Morgan fingerprint density at radius 3 is 2.40 bits per heavy atom. The number of anilines is 1. The number of aromatic hydroxyl groups is 1. The van der Waals surface area contributed by atoms with Crippen LogP contribution >= 0.6 is 0 Å². The van der Waals surface area contributed by atoms with E-state index in [1.807, 2.05) is 12.3 Å². The maximum absolute atomic E-state index is 13.0. The molecular weight excluding hydrogens is 430 g/mol. The van der Waals surface area contributed by atoms with Gasteiger partial charge in [0.1, 0.15) is 11.6 Å². The van der Waals surface area contributed by atoms with Gasteiger partial charge in [0.25, 0.3) is 10.0 Å². The number of aromatic nitrogens is 3. The summed E-state index contributed by atoms with van der Waals surface area (Å²) in [6, 6.07) is 7.02. The van der Waals surface area contributed by atoms with E-state index in [0.717, 1.165) is 17.0 Å². The fourth-order valence-electron chi connectivity index (χ4n) is 3.38. The van der Waals surface area contributed by atoms with E-state index >= 15 is 0 Å². The van der Waals surface area contributed by atoms with Crippen molar-refractivity contribution in [3.63, 3.8) is 0 Å². The number of fused-ring (bicyclic) bond motifs is 2. The van der Waals surface area contributed by atoms with Gasteiger partial charge in [-0.05, 0) is 25.1 Å². The molecule has 4 N–H and O–H groups in total. The Morgan fingerprint density at radius 1 is 1.03 bits per heavy atom. The highest BCUT2D eigenvalue weighted by Gasteiger charge is 2.22. The summed E-state index contributed by atoms with van der Waals surface area (Å²) >= 11 is 0. The van der Waals surface area contributed by atoms with Crippen LogP contribution in [0.3, 0.4) is 0 Å². The van der Waals surface area contributed by atoms with Crippen LogP contribution in [0.1, 0.15) is 5.69 Å². The van der Waals surface area contributed by atoms with Gasteiger partial charge in [0.05, 0.1) is 15.9 Å². The normalized spacial score (nSPS) is 12.7. The van der Waals surface area contributed by atoms with E-state index in [1.165, 1.54) is 29.8 Å². The molecule has 158 valence electrons. The number of aryl methyl sites for hydroxylation is 3. The molecule has 10 nitrogen and oxygen atoms in total. The van der Waals surface area contributed by atoms with Crippen LogP contribution in [-0.4, -0.2) is 36.1 Å². The first kappa shape index (κ1) is 20.2. The Hall–Kier alpha value is -3.09. The summed E-state index contributed by atoms with van der Waals surface area (Å²) in [5, 5.41) is 16.3. The van der Waals surface area contributed by atoms with Crippen LogP contribution < -0.4 is 9.86 Å². The first-order chi connectivity index (χ1) is 13.9. The molecule has 0 radical (unpaired) electrons. The Kier molecular flexibility index (Phi) is 4.34. The number of nitrogens with zero attached hydrogens (tertiary/aromatic N) is 3. The minimum Gasteiger partial charge on any atom is -0.507 e. The fraction of sp³-hybridized carbons (Fsp3) is 0.167. The highest BCUT2D eigenvalue weighted by atomic mass is 32.2. The number of hydrogen-bond acceptors (Lipinski definition) is 6. The van der Waals surface area contributed by atoms with Crippen molar-refractivity contribution >= 4 is 47.7 Å². The molecule has 0 unspecified atom stereocenters. The zero-order chi connectivity index (χ0) is 22.0. The SMILES string of the molecule is Cc1nc(S(=O)(=O)Nc2cc3c(O)cc(S(N)(=O)=O)cc3n2C)cc2c1ccn2C. The Morgan fingerprint density at radius 2 is 1.73 bits per heavy atom. The second kappa shape index (κ2) is 6.45. The summed E-state index contributed by atoms with van der Waals surface area (Å²) < 4.78 is 54.9. The minimum atomic E-state index is -4.06. The average molecular weight is 450 g/mol. The molecule has 3 aromatic heterocycles. The molecule has 0 saturated carbocycles. The number of phenolic OH excluding ortho intramolecular Hbond substituents is 1. The number of hydrogen-bond donors (Lipinski definition) is 3. The molecule has 4 rings (SSSR count). The largest absolute Gasteiger partial charge is 0.507 e. The van der Waals surface area contributed by atoms with Crippen molar-refractivity contribution in [1.82, 2.24) is 14.1 Å². The van der Waals surface area contributed by atoms with Crippen LogP contribution in [0.4, 0.5) is 5.82 Å². The van der Waals surface area contributed by atoms with E-state index in [4.69, 9.17) is 5.14 Å². The third kappa shape index (κ3) is 3.18. The number of rotatable bonds is 4. The van der Waals surface area contributed by atoms with Crippen molar-refractivity contribution in [1.29, 1.82) is 0 Å². The standard InChI is InChI=1S/C18H19N5O5S2/c1-10-12-4-5-22(2)14(12)9-18(20-10)30(27,28)21-17-8-13-15(23(17)3)6-11(7-16(13)24)29(19,25)26/h4-9,21,24H,1-3H3,(H2,19,25,26). The van der Waals surface area contributed by atoms with E-state index in [1.54, 1.807) is 18.5 Å². The van der Waals surface area contributed by atoms with Crippen LogP contribution in [0.25, 0.3) is 21.8 Å². The molecule has 0 aliphatic rings. The van der Waals surface area contributed by atoms with Gasteiger partial charge in [-0.25, -0.2) is 18.5 Å². The summed E-state index contributed by atoms with van der Waals surface area (Å²) in [4.78, 5) is 3.93. The quantitative estimate of drug-likeness (QED) is 0.430. The summed E-state index contributed by atoms with van der Waals surface area (Å²) in [5.41, 5.74) is 1.58. The third-order valence-electron chi connectivity index (χ3n) is 5.01. The van der Waals surface area contributed by atoms with Crippen molar-refractivity contribution < 1.29 is 21.9 Å². The van der Waals surface area contributed by atoms with Crippen molar-refractivity contribution in [2.75, 3.05) is 4.72 Å². The second-order valence-electron chi connectivity index (χ2n) is 7.02. The molecule has 4 aromatic rings. The number of benzene rings is 1. The minimum absolute atomic E-state index is 0.123. The van der Waals surface area contributed by atoms with Crippen LogP contribution in [0.15, 0.2) is 46.5 Å². The van der Waals surface area contributed by atoms with Gasteiger partial charge < -0.3 is 14.2 Å². The molecule has 3 heterocycles.